The summed E-state index contributed by atoms with van der Waals surface area (Å²) in [7, 11) is -3.82. The Morgan fingerprint density at radius 1 is 0.926 bits per heavy atom. The number of halogens is 1. The quantitative estimate of drug-likeness (QED) is 0.651. The number of anilines is 2. The van der Waals surface area contributed by atoms with E-state index in [0.717, 1.165) is 5.56 Å². The largest absolute Gasteiger partial charge is 0.322 e. The molecule has 2 N–H and O–H groups in total. The van der Waals surface area contributed by atoms with Crippen molar-refractivity contribution < 1.29 is 13.2 Å². The van der Waals surface area contributed by atoms with Crippen LogP contribution in [0.4, 0.5) is 11.4 Å². The number of aryl methyl sites for hydroxylation is 1. The van der Waals surface area contributed by atoms with Crippen LogP contribution < -0.4 is 10.0 Å². The number of sulfonamides is 1. The molecule has 0 spiro atoms. The number of para-hydroxylation sites is 1. The Morgan fingerprint density at radius 2 is 1.63 bits per heavy atom. The number of benzene rings is 3. The van der Waals surface area contributed by atoms with Crippen LogP contribution in [0.25, 0.3) is 0 Å². The maximum atomic E-state index is 12.6. The molecule has 0 saturated carbocycles. The zero-order chi connectivity index (χ0) is 19.4. The standard InChI is InChI=1S/C20H17ClN2O3S/c1-14-9-11-17(12-10-14)27(25,26)23-19-8-3-2-7-18(19)20(24)22-16-6-4-5-15(21)13-16/h2-13,23H,1H3,(H,22,24). The Labute approximate surface area is 163 Å². The predicted molar refractivity (Wildman–Crippen MR) is 108 cm³/mol. The summed E-state index contributed by atoms with van der Waals surface area (Å²) in [6.45, 7) is 1.87. The number of carbonyl (C=O) groups is 1. The summed E-state index contributed by atoms with van der Waals surface area (Å²) in [6, 6.07) is 19.6. The van der Waals surface area contributed by atoms with Gasteiger partial charge in [0.1, 0.15) is 0 Å². The lowest BCUT2D eigenvalue weighted by molar-refractivity contribution is 0.102. The zero-order valence-corrected chi connectivity index (χ0v) is 16.0. The van der Waals surface area contributed by atoms with Crippen molar-refractivity contribution in [2.45, 2.75) is 11.8 Å². The van der Waals surface area contributed by atoms with Gasteiger partial charge < -0.3 is 5.32 Å². The summed E-state index contributed by atoms with van der Waals surface area (Å²) in [4.78, 5) is 12.7. The van der Waals surface area contributed by atoms with Crippen molar-refractivity contribution in [3.8, 4) is 0 Å². The van der Waals surface area contributed by atoms with Crippen LogP contribution in [0.3, 0.4) is 0 Å². The van der Waals surface area contributed by atoms with Crippen LogP contribution in [0.1, 0.15) is 15.9 Å². The highest BCUT2D eigenvalue weighted by molar-refractivity contribution is 7.92. The van der Waals surface area contributed by atoms with Crippen LogP contribution in [-0.4, -0.2) is 14.3 Å². The van der Waals surface area contributed by atoms with E-state index in [9.17, 15) is 13.2 Å². The minimum absolute atomic E-state index is 0.123. The molecule has 1 amide bonds. The lowest BCUT2D eigenvalue weighted by Crippen LogP contribution is -2.18. The highest BCUT2D eigenvalue weighted by atomic mass is 35.5. The molecule has 0 aliphatic heterocycles. The Bertz CT molecular complexity index is 1080. The molecule has 0 radical (unpaired) electrons. The summed E-state index contributed by atoms with van der Waals surface area (Å²) in [6.07, 6.45) is 0. The fraction of sp³-hybridized carbons (Fsp3) is 0.0500. The van der Waals surface area contributed by atoms with Crippen LogP contribution in [0.15, 0.2) is 77.7 Å². The number of amides is 1. The van der Waals surface area contributed by atoms with Gasteiger partial charge in [0.05, 0.1) is 16.1 Å². The maximum absolute atomic E-state index is 12.6. The van der Waals surface area contributed by atoms with E-state index in [1.807, 2.05) is 6.92 Å². The van der Waals surface area contributed by atoms with E-state index in [-0.39, 0.29) is 16.1 Å². The molecule has 0 aromatic heterocycles. The molecule has 3 rings (SSSR count). The second-order valence-electron chi connectivity index (χ2n) is 5.93. The fourth-order valence-electron chi connectivity index (χ4n) is 2.46. The van der Waals surface area contributed by atoms with E-state index in [1.165, 1.54) is 12.1 Å². The molecule has 0 saturated heterocycles. The third-order valence-electron chi connectivity index (χ3n) is 3.83. The first-order valence-corrected chi connectivity index (χ1v) is 9.97. The first-order chi connectivity index (χ1) is 12.8. The molecule has 3 aromatic rings. The van der Waals surface area contributed by atoms with E-state index in [4.69, 9.17) is 11.6 Å². The second kappa shape index (κ2) is 7.82. The summed E-state index contributed by atoms with van der Waals surface area (Å²) in [5.41, 5.74) is 1.87. The molecule has 3 aromatic carbocycles. The molecule has 7 heteroatoms. The van der Waals surface area contributed by atoms with E-state index in [1.54, 1.807) is 60.7 Å². The average Bonchev–Trinajstić information content (AvgIpc) is 2.62. The normalized spacial score (nSPS) is 11.0. The van der Waals surface area contributed by atoms with E-state index in [0.29, 0.717) is 10.7 Å². The van der Waals surface area contributed by atoms with Crippen molar-refractivity contribution in [1.82, 2.24) is 0 Å². The highest BCUT2D eigenvalue weighted by Gasteiger charge is 2.18. The van der Waals surface area contributed by atoms with Crippen LogP contribution in [0.5, 0.6) is 0 Å². The van der Waals surface area contributed by atoms with Gasteiger partial charge in [-0.1, -0.05) is 47.5 Å². The first-order valence-electron chi connectivity index (χ1n) is 8.10. The summed E-state index contributed by atoms with van der Waals surface area (Å²) < 4.78 is 27.7. The topological polar surface area (TPSA) is 75.3 Å². The van der Waals surface area contributed by atoms with Gasteiger partial charge in [-0.15, -0.1) is 0 Å². The summed E-state index contributed by atoms with van der Waals surface area (Å²) >= 11 is 5.93. The number of carbonyl (C=O) groups excluding carboxylic acids is 1. The highest BCUT2D eigenvalue weighted by Crippen LogP contribution is 2.22. The minimum Gasteiger partial charge on any atom is -0.322 e. The second-order valence-corrected chi connectivity index (χ2v) is 8.05. The van der Waals surface area contributed by atoms with Crippen molar-refractivity contribution in [1.29, 1.82) is 0 Å². The van der Waals surface area contributed by atoms with Gasteiger partial charge in [-0.3, -0.25) is 9.52 Å². The predicted octanol–water partition coefficient (Wildman–Crippen LogP) is 4.70. The maximum Gasteiger partial charge on any atom is 0.261 e. The molecule has 0 fully saturated rings. The third kappa shape index (κ3) is 4.67. The van der Waals surface area contributed by atoms with Crippen molar-refractivity contribution >= 4 is 38.9 Å². The Balaban J connectivity index is 1.87. The Hall–Kier alpha value is -2.83. The molecule has 0 unspecified atom stereocenters. The molecular weight excluding hydrogens is 384 g/mol. The van der Waals surface area contributed by atoms with Gasteiger partial charge in [-0.25, -0.2) is 8.42 Å². The van der Waals surface area contributed by atoms with Crippen molar-refractivity contribution in [3.05, 3.63) is 88.9 Å². The molecular formula is C20H17ClN2O3S. The lowest BCUT2D eigenvalue weighted by Gasteiger charge is -2.13. The Morgan fingerprint density at radius 3 is 2.33 bits per heavy atom. The summed E-state index contributed by atoms with van der Waals surface area (Å²) in [5.74, 6) is -0.445. The van der Waals surface area contributed by atoms with Crippen LogP contribution in [-0.2, 0) is 10.0 Å². The molecule has 0 bridgehead atoms. The fourth-order valence-corrected chi connectivity index (χ4v) is 3.73. The van der Waals surface area contributed by atoms with Gasteiger partial charge in [-0.2, -0.15) is 0 Å². The van der Waals surface area contributed by atoms with Gasteiger partial charge in [-0.05, 0) is 49.4 Å². The van der Waals surface area contributed by atoms with Gasteiger partial charge in [0.2, 0.25) is 0 Å². The van der Waals surface area contributed by atoms with E-state index >= 15 is 0 Å². The summed E-state index contributed by atoms with van der Waals surface area (Å²) in [5, 5.41) is 3.20. The molecule has 138 valence electrons. The van der Waals surface area contributed by atoms with Gasteiger partial charge >= 0.3 is 0 Å². The number of rotatable bonds is 5. The zero-order valence-electron chi connectivity index (χ0n) is 14.4. The number of hydrogen-bond acceptors (Lipinski definition) is 3. The Kier molecular flexibility index (Phi) is 5.48. The van der Waals surface area contributed by atoms with Crippen LogP contribution in [0, 0.1) is 6.92 Å². The minimum atomic E-state index is -3.82. The van der Waals surface area contributed by atoms with Crippen molar-refractivity contribution in [2.75, 3.05) is 10.0 Å². The van der Waals surface area contributed by atoms with Crippen molar-refractivity contribution in [3.63, 3.8) is 0 Å². The monoisotopic (exact) mass is 400 g/mol. The lowest BCUT2D eigenvalue weighted by atomic mass is 10.1. The molecule has 0 aliphatic carbocycles. The third-order valence-corrected chi connectivity index (χ3v) is 5.45. The smallest absolute Gasteiger partial charge is 0.261 e. The van der Waals surface area contributed by atoms with E-state index < -0.39 is 15.9 Å². The first kappa shape index (κ1) is 18.9. The number of nitrogens with one attached hydrogen (secondary N) is 2. The SMILES string of the molecule is Cc1ccc(S(=O)(=O)Nc2ccccc2C(=O)Nc2cccc(Cl)c2)cc1. The molecule has 0 aliphatic rings. The van der Waals surface area contributed by atoms with Crippen LogP contribution in [0.2, 0.25) is 5.02 Å². The molecule has 0 atom stereocenters. The molecule has 5 nitrogen and oxygen atoms in total. The van der Waals surface area contributed by atoms with Crippen LogP contribution >= 0.6 is 11.6 Å². The van der Waals surface area contributed by atoms with Gasteiger partial charge in [0.25, 0.3) is 15.9 Å². The van der Waals surface area contributed by atoms with Gasteiger partial charge in [0, 0.05) is 10.7 Å². The molecule has 27 heavy (non-hydrogen) atoms. The van der Waals surface area contributed by atoms with E-state index in [2.05, 4.69) is 10.0 Å². The average molecular weight is 401 g/mol. The van der Waals surface area contributed by atoms with Gasteiger partial charge in [0.15, 0.2) is 0 Å². The number of hydrogen-bond donors (Lipinski definition) is 2. The van der Waals surface area contributed by atoms with Crippen molar-refractivity contribution in [2.24, 2.45) is 0 Å². The molecule has 0 heterocycles.